The largest absolute Gasteiger partial charge is 0.468 e. The van der Waals surface area contributed by atoms with Gasteiger partial charge < -0.3 is 14.1 Å². The number of hydrogen-bond donors (Lipinski definition) is 1. The van der Waals surface area contributed by atoms with Crippen LogP contribution in [0, 0.1) is 0 Å². The Hall–Kier alpha value is -3.28. The number of rotatable bonds is 4. The van der Waals surface area contributed by atoms with E-state index in [-0.39, 0.29) is 11.7 Å². The van der Waals surface area contributed by atoms with Crippen molar-refractivity contribution in [2.24, 2.45) is 0 Å². The first-order chi connectivity index (χ1) is 12.7. The Balaban J connectivity index is 1.53. The fraction of sp³-hybridized carbons (Fsp3) is 0.200. The summed E-state index contributed by atoms with van der Waals surface area (Å²) in [5.74, 6) is 0.481. The molecule has 6 heteroatoms. The highest BCUT2D eigenvalue weighted by Crippen LogP contribution is 2.24. The summed E-state index contributed by atoms with van der Waals surface area (Å²) < 4.78 is 10.4. The minimum absolute atomic E-state index is 0.141. The molecule has 0 saturated heterocycles. The number of H-pyrrole nitrogens is 1. The molecule has 132 valence electrons. The lowest BCUT2D eigenvalue weighted by Crippen LogP contribution is -2.35. The molecular weight excluding hydrogens is 330 g/mol. The molecule has 4 rings (SSSR count). The number of aromatic nitrogens is 2. The van der Waals surface area contributed by atoms with Crippen molar-refractivity contribution in [2.75, 3.05) is 13.7 Å². The van der Waals surface area contributed by atoms with Crippen LogP contribution in [0.25, 0.3) is 12.2 Å². The number of benzene rings is 1. The molecule has 0 radical (unpaired) electrons. The monoisotopic (exact) mass is 349 g/mol. The smallest absolute Gasteiger partial charge is 0.290 e. The molecule has 0 aliphatic carbocycles. The van der Waals surface area contributed by atoms with E-state index in [0.717, 1.165) is 28.9 Å². The van der Waals surface area contributed by atoms with E-state index >= 15 is 0 Å². The number of carbonyl (C=O) groups is 1. The van der Waals surface area contributed by atoms with Gasteiger partial charge in [-0.15, -0.1) is 0 Å². The van der Waals surface area contributed by atoms with Crippen LogP contribution in [0.1, 0.15) is 33.1 Å². The van der Waals surface area contributed by atoms with Crippen molar-refractivity contribution in [1.82, 2.24) is 15.1 Å². The van der Waals surface area contributed by atoms with E-state index in [1.165, 1.54) is 7.11 Å². The number of aromatic amines is 1. The van der Waals surface area contributed by atoms with Crippen LogP contribution in [0.2, 0.25) is 0 Å². The predicted molar refractivity (Wildman–Crippen MR) is 97.7 cm³/mol. The number of carbonyl (C=O) groups excluding carboxylic acids is 1. The molecule has 3 aromatic rings. The molecule has 1 N–H and O–H groups in total. The molecule has 1 aliphatic heterocycles. The van der Waals surface area contributed by atoms with E-state index in [4.69, 9.17) is 9.15 Å². The summed E-state index contributed by atoms with van der Waals surface area (Å²) in [4.78, 5) is 14.5. The van der Waals surface area contributed by atoms with Gasteiger partial charge in [0.05, 0.1) is 19.3 Å². The quantitative estimate of drug-likeness (QED) is 0.784. The highest BCUT2D eigenvalue weighted by Gasteiger charge is 2.27. The second-order valence-corrected chi connectivity index (χ2v) is 6.11. The second kappa shape index (κ2) is 6.92. The number of nitrogens with zero attached hydrogens (tertiary/aromatic N) is 2. The van der Waals surface area contributed by atoms with Crippen molar-refractivity contribution < 1.29 is 13.9 Å². The number of fused-ring (bicyclic) bond motifs is 1. The molecular formula is C20H19N3O3. The Morgan fingerprint density at radius 2 is 2.08 bits per heavy atom. The second-order valence-electron chi connectivity index (χ2n) is 6.11. The number of amides is 1. The molecule has 3 heterocycles. The lowest BCUT2D eigenvalue weighted by atomic mass is 10.0. The molecule has 0 spiro atoms. The van der Waals surface area contributed by atoms with Crippen LogP contribution >= 0.6 is 0 Å². The third-order valence-corrected chi connectivity index (χ3v) is 4.48. The van der Waals surface area contributed by atoms with E-state index in [1.807, 2.05) is 42.5 Å². The van der Waals surface area contributed by atoms with Gasteiger partial charge >= 0.3 is 0 Å². The van der Waals surface area contributed by atoms with Gasteiger partial charge in [-0.25, -0.2) is 0 Å². The fourth-order valence-electron chi connectivity index (χ4n) is 3.07. The summed E-state index contributed by atoms with van der Waals surface area (Å²) in [6.45, 7) is 1.13. The maximum atomic E-state index is 12.7. The van der Waals surface area contributed by atoms with E-state index < -0.39 is 0 Å². The molecule has 1 aliphatic rings. The Morgan fingerprint density at radius 3 is 2.85 bits per heavy atom. The molecule has 0 saturated carbocycles. The Morgan fingerprint density at radius 1 is 1.23 bits per heavy atom. The van der Waals surface area contributed by atoms with Gasteiger partial charge in [-0.05, 0) is 17.7 Å². The van der Waals surface area contributed by atoms with Crippen LogP contribution in [-0.4, -0.2) is 34.7 Å². The van der Waals surface area contributed by atoms with Crippen molar-refractivity contribution >= 4 is 18.1 Å². The third-order valence-electron chi connectivity index (χ3n) is 4.48. The zero-order chi connectivity index (χ0) is 17.9. The summed E-state index contributed by atoms with van der Waals surface area (Å²) >= 11 is 0. The van der Waals surface area contributed by atoms with Crippen molar-refractivity contribution in [3.8, 4) is 5.95 Å². The molecule has 26 heavy (non-hydrogen) atoms. The minimum atomic E-state index is -0.141. The van der Waals surface area contributed by atoms with Gasteiger partial charge in [-0.3, -0.25) is 9.89 Å². The highest BCUT2D eigenvalue weighted by molar-refractivity contribution is 5.92. The van der Waals surface area contributed by atoms with Crippen LogP contribution in [0.4, 0.5) is 0 Å². The number of ether oxygens (including phenoxy) is 1. The predicted octanol–water partition coefficient (Wildman–Crippen LogP) is 3.38. The van der Waals surface area contributed by atoms with Crippen molar-refractivity contribution in [3.05, 3.63) is 70.7 Å². The van der Waals surface area contributed by atoms with E-state index in [1.54, 1.807) is 17.0 Å². The Kier molecular flexibility index (Phi) is 4.31. The van der Waals surface area contributed by atoms with Gasteiger partial charge in [-0.2, -0.15) is 5.10 Å². The first-order valence-electron chi connectivity index (χ1n) is 8.47. The van der Waals surface area contributed by atoms with Gasteiger partial charge in [0.2, 0.25) is 0 Å². The Labute approximate surface area is 151 Å². The van der Waals surface area contributed by atoms with Crippen molar-refractivity contribution in [1.29, 1.82) is 0 Å². The highest BCUT2D eigenvalue weighted by atomic mass is 16.6. The molecule has 1 amide bonds. The van der Waals surface area contributed by atoms with E-state index in [2.05, 4.69) is 10.2 Å². The van der Waals surface area contributed by atoms with E-state index in [0.29, 0.717) is 19.0 Å². The molecule has 0 fully saturated rings. The molecule has 0 unspecified atom stereocenters. The van der Waals surface area contributed by atoms with Crippen molar-refractivity contribution in [3.63, 3.8) is 0 Å². The number of nitrogens with one attached hydrogen (secondary N) is 1. The van der Waals surface area contributed by atoms with Gasteiger partial charge in [0.15, 0.2) is 5.76 Å². The standard InChI is InChI=1S/C20H19N3O3/c1-25-19-10-9-18(26-19)20(24)23-12-11-17-15(13-23)16(21-22-17)8-7-14-5-3-2-4-6-14/h2-10H,11-13H2,1H3,(H,21,22). The summed E-state index contributed by atoms with van der Waals surface area (Å²) in [6.07, 6.45) is 4.74. The normalized spacial score (nSPS) is 13.8. The maximum absolute atomic E-state index is 12.7. The average Bonchev–Trinajstić information content (AvgIpc) is 3.33. The van der Waals surface area contributed by atoms with Gasteiger partial charge in [0.1, 0.15) is 0 Å². The third kappa shape index (κ3) is 3.13. The molecule has 1 aromatic carbocycles. The van der Waals surface area contributed by atoms with Crippen LogP contribution in [0.3, 0.4) is 0 Å². The van der Waals surface area contributed by atoms with E-state index in [9.17, 15) is 4.79 Å². The summed E-state index contributed by atoms with van der Waals surface area (Å²) in [7, 11) is 1.51. The van der Waals surface area contributed by atoms with Crippen LogP contribution < -0.4 is 4.74 Å². The average molecular weight is 349 g/mol. The van der Waals surface area contributed by atoms with Gasteiger partial charge in [0, 0.05) is 30.3 Å². The SMILES string of the molecule is COc1ccc(C(=O)N2CCc3[nH]nc(C=Cc4ccccc4)c3C2)o1. The lowest BCUT2D eigenvalue weighted by Gasteiger charge is -2.26. The minimum Gasteiger partial charge on any atom is -0.468 e. The Bertz CT molecular complexity index is 940. The maximum Gasteiger partial charge on any atom is 0.290 e. The zero-order valence-electron chi connectivity index (χ0n) is 14.4. The number of furan rings is 1. The zero-order valence-corrected chi connectivity index (χ0v) is 14.4. The fourth-order valence-corrected chi connectivity index (χ4v) is 3.07. The first-order valence-corrected chi connectivity index (χ1v) is 8.47. The van der Waals surface area contributed by atoms with Crippen LogP contribution in [0.5, 0.6) is 5.95 Å². The van der Waals surface area contributed by atoms with Gasteiger partial charge in [-0.1, -0.05) is 36.4 Å². The molecule has 0 atom stereocenters. The summed E-state index contributed by atoms with van der Waals surface area (Å²) in [5, 5.41) is 7.50. The van der Waals surface area contributed by atoms with Crippen LogP contribution in [-0.2, 0) is 13.0 Å². The van der Waals surface area contributed by atoms with Crippen LogP contribution in [0.15, 0.2) is 46.9 Å². The number of methoxy groups -OCH3 is 1. The first kappa shape index (κ1) is 16.2. The summed E-state index contributed by atoms with van der Waals surface area (Å²) in [6, 6.07) is 13.3. The lowest BCUT2D eigenvalue weighted by molar-refractivity contribution is 0.0695. The topological polar surface area (TPSA) is 71.4 Å². The van der Waals surface area contributed by atoms with Crippen molar-refractivity contribution in [2.45, 2.75) is 13.0 Å². The number of hydrogen-bond acceptors (Lipinski definition) is 4. The molecule has 6 nitrogen and oxygen atoms in total. The molecule has 0 bridgehead atoms. The molecule has 2 aromatic heterocycles. The summed E-state index contributed by atoms with van der Waals surface area (Å²) in [5.41, 5.74) is 4.10. The van der Waals surface area contributed by atoms with Gasteiger partial charge in [0.25, 0.3) is 11.9 Å².